The van der Waals surface area contributed by atoms with Crippen LogP contribution in [-0.2, 0) is 14.8 Å². The number of carbonyl (C=O) groups excluding carboxylic acids is 1. The van der Waals surface area contributed by atoms with E-state index in [9.17, 15) is 13.2 Å². The molecule has 1 amide bonds. The first-order chi connectivity index (χ1) is 9.12. The van der Waals surface area contributed by atoms with Crippen molar-refractivity contribution < 1.29 is 13.2 Å². The molecule has 1 aromatic carbocycles. The minimum absolute atomic E-state index is 0.165. The van der Waals surface area contributed by atoms with Crippen LogP contribution >= 0.6 is 0 Å². The first-order valence-corrected chi connectivity index (χ1v) is 7.71. The summed E-state index contributed by atoms with van der Waals surface area (Å²) < 4.78 is 26.5. The number of hydrogen-bond acceptors (Lipinski definition) is 4. The van der Waals surface area contributed by atoms with E-state index >= 15 is 0 Å². The summed E-state index contributed by atoms with van der Waals surface area (Å²) in [4.78, 5) is 11.2. The van der Waals surface area contributed by atoms with Gasteiger partial charge in [0.15, 0.2) is 0 Å². The van der Waals surface area contributed by atoms with E-state index in [4.69, 9.17) is 11.5 Å². The minimum atomic E-state index is -3.80. The van der Waals surface area contributed by atoms with E-state index < -0.39 is 15.9 Å². The van der Waals surface area contributed by atoms with Gasteiger partial charge in [-0.2, -0.15) is 4.31 Å². The SMILES string of the molecule is CCN(CC(N)=O)S(=O)(=O)c1c(C)c(C)cc(N)c1C. The third-order valence-corrected chi connectivity index (χ3v) is 5.56. The van der Waals surface area contributed by atoms with Gasteiger partial charge in [0.2, 0.25) is 15.9 Å². The van der Waals surface area contributed by atoms with Crippen LogP contribution in [0.25, 0.3) is 0 Å². The van der Waals surface area contributed by atoms with Gasteiger partial charge in [-0.3, -0.25) is 4.79 Å². The summed E-state index contributed by atoms with van der Waals surface area (Å²) >= 11 is 0. The van der Waals surface area contributed by atoms with Gasteiger partial charge in [0.25, 0.3) is 0 Å². The van der Waals surface area contributed by atoms with Crippen LogP contribution in [0.2, 0.25) is 0 Å². The Morgan fingerprint density at radius 3 is 2.25 bits per heavy atom. The number of nitrogens with zero attached hydrogens (tertiary/aromatic N) is 1. The van der Waals surface area contributed by atoms with Crippen LogP contribution in [0.4, 0.5) is 5.69 Å². The maximum absolute atomic E-state index is 12.7. The number of amides is 1. The average Bonchev–Trinajstić information content (AvgIpc) is 2.33. The van der Waals surface area contributed by atoms with Crippen molar-refractivity contribution >= 4 is 21.6 Å². The van der Waals surface area contributed by atoms with E-state index in [1.54, 1.807) is 33.8 Å². The highest BCUT2D eigenvalue weighted by atomic mass is 32.2. The molecule has 0 unspecified atom stereocenters. The summed E-state index contributed by atoms with van der Waals surface area (Å²) in [6.45, 7) is 6.67. The molecule has 1 aromatic rings. The van der Waals surface area contributed by atoms with Gasteiger partial charge in [-0.1, -0.05) is 6.92 Å². The topological polar surface area (TPSA) is 106 Å². The Morgan fingerprint density at radius 2 is 1.80 bits per heavy atom. The molecule has 0 radical (unpaired) electrons. The molecule has 0 aliphatic rings. The second kappa shape index (κ2) is 5.80. The fraction of sp³-hybridized carbons (Fsp3) is 0.462. The number of nitrogen functional groups attached to an aromatic ring is 1. The molecule has 0 atom stereocenters. The average molecular weight is 299 g/mol. The summed E-state index contributed by atoms with van der Waals surface area (Å²) in [5.74, 6) is -0.689. The van der Waals surface area contributed by atoms with Crippen LogP contribution in [0.3, 0.4) is 0 Å². The molecule has 1 rings (SSSR count). The standard InChI is InChI=1S/C13H21N3O3S/c1-5-16(7-12(15)17)20(18,19)13-9(3)8(2)6-11(14)10(13)4/h6H,5,7,14H2,1-4H3,(H2,15,17). The number of benzene rings is 1. The molecule has 0 saturated carbocycles. The lowest BCUT2D eigenvalue weighted by Gasteiger charge is -2.23. The number of primary amides is 1. The van der Waals surface area contributed by atoms with Gasteiger partial charge in [-0.05, 0) is 43.5 Å². The highest BCUT2D eigenvalue weighted by Gasteiger charge is 2.29. The number of aryl methyl sites for hydroxylation is 1. The van der Waals surface area contributed by atoms with Gasteiger partial charge in [-0.25, -0.2) is 8.42 Å². The monoisotopic (exact) mass is 299 g/mol. The molecule has 7 heteroatoms. The van der Waals surface area contributed by atoms with Crippen LogP contribution in [-0.4, -0.2) is 31.7 Å². The predicted octanol–water partition coefficient (Wildman–Crippen LogP) is 0.690. The molecular formula is C13H21N3O3S. The maximum atomic E-state index is 12.7. The van der Waals surface area contributed by atoms with Gasteiger partial charge >= 0.3 is 0 Å². The first kappa shape index (κ1) is 16.5. The van der Waals surface area contributed by atoms with E-state index in [1.165, 1.54) is 0 Å². The van der Waals surface area contributed by atoms with E-state index in [-0.39, 0.29) is 18.0 Å². The van der Waals surface area contributed by atoms with Crippen LogP contribution in [0.15, 0.2) is 11.0 Å². The molecule has 0 fully saturated rings. The van der Waals surface area contributed by atoms with Crippen molar-refractivity contribution in [1.29, 1.82) is 0 Å². The van der Waals surface area contributed by atoms with Gasteiger partial charge in [0.05, 0.1) is 11.4 Å². The molecule has 0 heterocycles. The second-order valence-corrected chi connectivity index (χ2v) is 6.63. The van der Waals surface area contributed by atoms with Gasteiger partial charge < -0.3 is 11.5 Å². The van der Waals surface area contributed by atoms with Crippen LogP contribution < -0.4 is 11.5 Å². The normalized spacial score (nSPS) is 11.8. The van der Waals surface area contributed by atoms with E-state index in [0.29, 0.717) is 16.8 Å². The Kier molecular flexibility index (Phi) is 4.77. The molecule has 0 aromatic heterocycles. The highest BCUT2D eigenvalue weighted by Crippen LogP contribution is 2.30. The molecule has 0 saturated heterocycles. The second-order valence-electron chi connectivity index (χ2n) is 4.76. The lowest BCUT2D eigenvalue weighted by Crippen LogP contribution is -2.38. The molecule has 0 spiro atoms. The fourth-order valence-electron chi connectivity index (χ4n) is 2.10. The molecule has 112 valence electrons. The fourth-order valence-corrected chi connectivity index (χ4v) is 4.05. The molecule has 0 aliphatic heterocycles. The van der Waals surface area contributed by atoms with Crippen molar-refractivity contribution in [1.82, 2.24) is 4.31 Å². The number of carbonyl (C=O) groups is 1. The maximum Gasteiger partial charge on any atom is 0.244 e. The van der Waals surface area contributed by atoms with Crippen LogP contribution in [0, 0.1) is 20.8 Å². The molecule has 20 heavy (non-hydrogen) atoms. The van der Waals surface area contributed by atoms with Crippen molar-refractivity contribution in [2.24, 2.45) is 5.73 Å². The number of nitrogens with two attached hydrogens (primary N) is 2. The van der Waals surface area contributed by atoms with Crippen molar-refractivity contribution in [3.63, 3.8) is 0 Å². The Hall–Kier alpha value is -1.60. The summed E-state index contributed by atoms with van der Waals surface area (Å²) in [5.41, 5.74) is 13.3. The largest absolute Gasteiger partial charge is 0.398 e. The zero-order chi connectivity index (χ0) is 15.7. The number of rotatable bonds is 5. The van der Waals surface area contributed by atoms with Crippen molar-refractivity contribution in [2.45, 2.75) is 32.6 Å². The zero-order valence-corrected chi connectivity index (χ0v) is 13.0. The smallest absolute Gasteiger partial charge is 0.244 e. The lowest BCUT2D eigenvalue weighted by atomic mass is 10.1. The van der Waals surface area contributed by atoms with Gasteiger partial charge in [0.1, 0.15) is 0 Å². The Bertz CT molecular complexity index is 613. The molecule has 4 N–H and O–H groups in total. The molecular weight excluding hydrogens is 278 g/mol. The Labute approximate surface area is 119 Å². The van der Waals surface area contributed by atoms with Crippen LogP contribution in [0.5, 0.6) is 0 Å². The lowest BCUT2D eigenvalue weighted by molar-refractivity contribution is -0.118. The van der Waals surface area contributed by atoms with Crippen molar-refractivity contribution in [3.8, 4) is 0 Å². The van der Waals surface area contributed by atoms with Crippen LogP contribution in [0.1, 0.15) is 23.6 Å². The van der Waals surface area contributed by atoms with Gasteiger partial charge in [-0.15, -0.1) is 0 Å². The summed E-state index contributed by atoms with van der Waals surface area (Å²) in [5, 5.41) is 0. The third-order valence-electron chi connectivity index (χ3n) is 3.36. The van der Waals surface area contributed by atoms with E-state index in [2.05, 4.69) is 0 Å². The highest BCUT2D eigenvalue weighted by molar-refractivity contribution is 7.89. The number of sulfonamides is 1. The summed E-state index contributed by atoms with van der Waals surface area (Å²) in [6.07, 6.45) is 0. The molecule has 0 aliphatic carbocycles. The Balaban J connectivity index is 3.53. The zero-order valence-electron chi connectivity index (χ0n) is 12.2. The summed E-state index contributed by atoms with van der Waals surface area (Å²) in [7, 11) is -3.80. The van der Waals surface area contributed by atoms with E-state index in [0.717, 1.165) is 9.87 Å². The number of anilines is 1. The predicted molar refractivity (Wildman–Crippen MR) is 78.7 cm³/mol. The molecule has 0 bridgehead atoms. The number of likely N-dealkylation sites (N-methyl/N-ethyl adjacent to an activating group) is 1. The Morgan fingerprint density at radius 1 is 1.25 bits per heavy atom. The summed E-state index contributed by atoms with van der Waals surface area (Å²) in [6, 6.07) is 1.74. The van der Waals surface area contributed by atoms with Crippen molar-refractivity contribution in [3.05, 3.63) is 22.8 Å². The quantitative estimate of drug-likeness (QED) is 0.780. The van der Waals surface area contributed by atoms with E-state index in [1.807, 2.05) is 0 Å². The molecule has 6 nitrogen and oxygen atoms in total. The first-order valence-electron chi connectivity index (χ1n) is 6.27. The van der Waals surface area contributed by atoms with Crippen molar-refractivity contribution in [2.75, 3.05) is 18.8 Å². The minimum Gasteiger partial charge on any atom is -0.398 e. The van der Waals surface area contributed by atoms with Gasteiger partial charge in [0, 0.05) is 12.2 Å². The number of hydrogen-bond donors (Lipinski definition) is 2. The third kappa shape index (κ3) is 2.94.